The van der Waals surface area contributed by atoms with Crippen LogP contribution >= 0.6 is 0 Å². The van der Waals surface area contributed by atoms with Crippen LogP contribution in [0.15, 0.2) is 0 Å². The predicted octanol–water partition coefficient (Wildman–Crippen LogP) is 0.318. The molecule has 1 N–H and O–H groups in total. The minimum absolute atomic E-state index is 0.842. The van der Waals surface area contributed by atoms with Crippen LogP contribution in [0.4, 0.5) is 0 Å². The topological polar surface area (TPSA) is 24.5 Å². The van der Waals surface area contributed by atoms with E-state index in [4.69, 9.17) is 4.74 Å². The third-order valence-electron chi connectivity index (χ3n) is 3.09. The van der Waals surface area contributed by atoms with Crippen LogP contribution in [0.2, 0.25) is 0 Å². The maximum Gasteiger partial charge on any atom is 0.0495 e. The van der Waals surface area contributed by atoms with Crippen molar-refractivity contribution < 1.29 is 4.74 Å². The Hall–Kier alpha value is -0.120. The Morgan fingerprint density at radius 3 is 2.85 bits per heavy atom. The molecule has 3 nitrogen and oxygen atoms in total. The van der Waals surface area contributed by atoms with Gasteiger partial charge >= 0.3 is 0 Å². The highest BCUT2D eigenvalue weighted by molar-refractivity contribution is 4.71. The molecular weight excluding hydrogens is 164 g/mol. The number of nitrogens with one attached hydrogen (secondary N) is 1. The summed E-state index contributed by atoms with van der Waals surface area (Å²) in [6.45, 7) is 8.07. The molecule has 0 saturated carbocycles. The van der Waals surface area contributed by atoms with Crippen LogP contribution in [-0.4, -0.2) is 50.8 Å². The van der Waals surface area contributed by atoms with Gasteiger partial charge in [0.2, 0.25) is 0 Å². The zero-order valence-corrected chi connectivity index (χ0v) is 8.30. The van der Waals surface area contributed by atoms with Crippen molar-refractivity contribution in [1.82, 2.24) is 10.2 Å². The summed E-state index contributed by atoms with van der Waals surface area (Å²) in [4.78, 5) is 2.56. The Morgan fingerprint density at radius 2 is 2.15 bits per heavy atom. The lowest BCUT2D eigenvalue weighted by atomic mass is 10.0. The lowest BCUT2D eigenvalue weighted by molar-refractivity contribution is 0.175. The molecule has 76 valence electrons. The summed E-state index contributed by atoms with van der Waals surface area (Å²) in [6, 6.07) is 0. The highest BCUT2D eigenvalue weighted by atomic mass is 16.5. The van der Waals surface area contributed by atoms with Crippen LogP contribution < -0.4 is 5.32 Å². The fourth-order valence-corrected chi connectivity index (χ4v) is 2.11. The SMILES string of the molecule is C1CN(CCC2CCOC2)CCN1. The van der Waals surface area contributed by atoms with Gasteiger partial charge in [-0.15, -0.1) is 0 Å². The molecule has 0 aliphatic carbocycles. The van der Waals surface area contributed by atoms with Crippen molar-refractivity contribution in [2.75, 3.05) is 45.9 Å². The molecule has 3 heteroatoms. The van der Waals surface area contributed by atoms with Crippen molar-refractivity contribution in [3.05, 3.63) is 0 Å². The number of nitrogens with zero attached hydrogens (tertiary/aromatic N) is 1. The molecular formula is C10H20N2O. The number of rotatable bonds is 3. The smallest absolute Gasteiger partial charge is 0.0495 e. The first-order chi connectivity index (χ1) is 6.45. The first-order valence-corrected chi connectivity index (χ1v) is 5.46. The maximum atomic E-state index is 5.37. The van der Waals surface area contributed by atoms with E-state index in [2.05, 4.69) is 10.2 Å². The van der Waals surface area contributed by atoms with Crippen LogP contribution in [0.1, 0.15) is 12.8 Å². The van der Waals surface area contributed by atoms with Gasteiger partial charge in [-0.1, -0.05) is 0 Å². The first kappa shape index (κ1) is 9.44. The predicted molar refractivity (Wildman–Crippen MR) is 52.9 cm³/mol. The summed E-state index contributed by atoms with van der Waals surface area (Å²) in [6.07, 6.45) is 2.62. The van der Waals surface area contributed by atoms with Gasteiger partial charge in [0.05, 0.1) is 0 Å². The van der Waals surface area contributed by atoms with Gasteiger partial charge in [0, 0.05) is 39.4 Å². The van der Waals surface area contributed by atoms with Gasteiger partial charge in [-0.05, 0) is 25.3 Å². The summed E-state index contributed by atoms with van der Waals surface area (Å²) in [5.41, 5.74) is 0. The van der Waals surface area contributed by atoms with E-state index in [0.29, 0.717) is 0 Å². The van der Waals surface area contributed by atoms with Crippen molar-refractivity contribution in [2.24, 2.45) is 5.92 Å². The van der Waals surface area contributed by atoms with Crippen LogP contribution in [0.5, 0.6) is 0 Å². The van der Waals surface area contributed by atoms with E-state index in [0.717, 1.165) is 19.1 Å². The average molecular weight is 184 g/mol. The lowest BCUT2D eigenvalue weighted by Crippen LogP contribution is -2.44. The molecule has 2 rings (SSSR count). The molecule has 0 spiro atoms. The van der Waals surface area contributed by atoms with Crippen LogP contribution in [0.3, 0.4) is 0 Å². The summed E-state index contributed by atoms with van der Waals surface area (Å²) >= 11 is 0. The Balaban J connectivity index is 1.60. The van der Waals surface area contributed by atoms with Gasteiger partial charge in [0.15, 0.2) is 0 Å². The Kier molecular flexibility index (Phi) is 3.58. The van der Waals surface area contributed by atoms with Gasteiger partial charge < -0.3 is 15.0 Å². The van der Waals surface area contributed by atoms with Crippen LogP contribution in [-0.2, 0) is 4.74 Å². The third kappa shape index (κ3) is 2.93. The number of ether oxygens (including phenoxy) is 1. The van der Waals surface area contributed by atoms with Crippen molar-refractivity contribution in [3.63, 3.8) is 0 Å². The second kappa shape index (κ2) is 4.94. The molecule has 13 heavy (non-hydrogen) atoms. The molecule has 2 heterocycles. The number of hydrogen-bond donors (Lipinski definition) is 1. The van der Waals surface area contributed by atoms with Gasteiger partial charge in [-0.2, -0.15) is 0 Å². The van der Waals surface area contributed by atoms with E-state index in [1.165, 1.54) is 45.6 Å². The summed E-state index contributed by atoms with van der Waals surface area (Å²) < 4.78 is 5.37. The lowest BCUT2D eigenvalue weighted by Gasteiger charge is -2.27. The standard InChI is InChI=1S/C10H20N2O/c1(10-2-8-13-9-10)5-12-6-3-11-4-7-12/h10-11H,1-9H2. The number of hydrogen-bond acceptors (Lipinski definition) is 3. The molecule has 0 aromatic carbocycles. The normalized spacial score (nSPS) is 30.9. The fourth-order valence-electron chi connectivity index (χ4n) is 2.11. The fraction of sp³-hybridized carbons (Fsp3) is 1.00. The summed E-state index contributed by atoms with van der Waals surface area (Å²) in [7, 11) is 0. The highest BCUT2D eigenvalue weighted by Crippen LogP contribution is 2.16. The third-order valence-corrected chi connectivity index (χ3v) is 3.09. The minimum atomic E-state index is 0.842. The zero-order valence-electron chi connectivity index (χ0n) is 8.30. The van der Waals surface area contributed by atoms with Crippen LogP contribution in [0, 0.1) is 5.92 Å². The Labute approximate surface area is 80.4 Å². The summed E-state index contributed by atoms with van der Waals surface area (Å²) in [5.74, 6) is 0.842. The molecule has 0 radical (unpaired) electrons. The quantitative estimate of drug-likeness (QED) is 0.683. The Bertz CT molecular complexity index is 140. The number of piperazine rings is 1. The molecule has 0 aromatic rings. The zero-order chi connectivity index (χ0) is 8.93. The molecule has 2 aliphatic rings. The largest absolute Gasteiger partial charge is 0.381 e. The van der Waals surface area contributed by atoms with Crippen molar-refractivity contribution in [3.8, 4) is 0 Å². The molecule has 1 unspecified atom stereocenters. The monoisotopic (exact) mass is 184 g/mol. The van der Waals surface area contributed by atoms with Gasteiger partial charge in [-0.25, -0.2) is 0 Å². The molecule has 0 bridgehead atoms. The molecule has 2 aliphatic heterocycles. The van der Waals surface area contributed by atoms with Crippen molar-refractivity contribution in [2.45, 2.75) is 12.8 Å². The van der Waals surface area contributed by atoms with Gasteiger partial charge in [0.1, 0.15) is 0 Å². The molecule has 2 fully saturated rings. The average Bonchev–Trinajstić information content (AvgIpc) is 2.69. The van der Waals surface area contributed by atoms with Crippen molar-refractivity contribution in [1.29, 1.82) is 0 Å². The first-order valence-electron chi connectivity index (χ1n) is 5.46. The minimum Gasteiger partial charge on any atom is -0.381 e. The molecule has 1 atom stereocenters. The van der Waals surface area contributed by atoms with Gasteiger partial charge in [0.25, 0.3) is 0 Å². The second-order valence-corrected chi connectivity index (χ2v) is 4.11. The van der Waals surface area contributed by atoms with E-state index in [-0.39, 0.29) is 0 Å². The van der Waals surface area contributed by atoms with Crippen LogP contribution in [0.25, 0.3) is 0 Å². The summed E-state index contributed by atoms with van der Waals surface area (Å²) in [5, 5.41) is 3.38. The van der Waals surface area contributed by atoms with E-state index in [1.807, 2.05) is 0 Å². The Morgan fingerprint density at radius 1 is 1.31 bits per heavy atom. The van der Waals surface area contributed by atoms with Gasteiger partial charge in [-0.3, -0.25) is 0 Å². The van der Waals surface area contributed by atoms with E-state index >= 15 is 0 Å². The van der Waals surface area contributed by atoms with E-state index < -0.39 is 0 Å². The highest BCUT2D eigenvalue weighted by Gasteiger charge is 2.17. The second-order valence-electron chi connectivity index (χ2n) is 4.11. The molecule has 0 aromatic heterocycles. The molecule has 2 saturated heterocycles. The molecule has 0 amide bonds. The maximum absolute atomic E-state index is 5.37. The van der Waals surface area contributed by atoms with Crippen molar-refractivity contribution >= 4 is 0 Å². The van der Waals surface area contributed by atoms with E-state index in [1.54, 1.807) is 0 Å². The van der Waals surface area contributed by atoms with E-state index in [9.17, 15) is 0 Å².